The van der Waals surface area contributed by atoms with Crippen molar-refractivity contribution in [1.82, 2.24) is 4.57 Å². The molecule has 1 heteroatoms. The van der Waals surface area contributed by atoms with Gasteiger partial charge in [0, 0.05) is 16.8 Å². The summed E-state index contributed by atoms with van der Waals surface area (Å²) in [5.74, 6) is 0. The van der Waals surface area contributed by atoms with Crippen LogP contribution in [0.1, 0.15) is 0 Å². The van der Waals surface area contributed by atoms with Crippen LogP contribution in [-0.2, 0) is 0 Å². The Morgan fingerprint density at radius 1 is 0.265 bits per heavy atom. The average Bonchev–Trinajstić information content (AvgIpc) is 3.55. The van der Waals surface area contributed by atoms with Gasteiger partial charge in [0.2, 0.25) is 0 Å². The topological polar surface area (TPSA) is 4.93 Å². The standard InChI is InChI=1S/C48H33N/c1-5-17-34(18-6-1)45-46(35-19-7-2-8-20-35)48(49(41-25-11-4-12-26-41)47(45)37-21-9-3-10-22-37)38-31-29-36(30-32-38)44-42-27-15-13-23-39(42)33-40-24-14-16-28-43(40)44/h1-33H. The van der Waals surface area contributed by atoms with Crippen molar-refractivity contribution in [3.63, 3.8) is 0 Å². The third-order valence-electron chi connectivity index (χ3n) is 9.58. The van der Waals surface area contributed by atoms with Gasteiger partial charge in [0.25, 0.3) is 0 Å². The summed E-state index contributed by atoms with van der Waals surface area (Å²) in [6.07, 6.45) is 0. The van der Waals surface area contributed by atoms with Gasteiger partial charge in [-0.3, -0.25) is 0 Å². The molecule has 0 aliphatic rings. The lowest BCUT2D eigenvalue weighted by Crippen LogP contribution is -2.00. The van der Waals surface area contributed by atoms with Gasteiger partial charge in [0.05, 0.1) is 11.4 Å². The highest BCUT2D eigenvalue weighted by Gasteiger charge is 2.28. The van der Waals surface area contributed by atoms with Crippen molar-refractivity contribution in [3.8, 4) is 61.6 Å². The summed E-state index contributed by atoms with van der Waals surface area (Å²) in [5, 5.41) is 5.04. The number of para-hydroxylation sites is 1. The van der Waals surface area contributed by atoms with Crippen LogP contribution in [0.15, 0.2) is 200 Å². The number of nitrogens with zero attached hydrogens (tertiary/aromatic N) is 1. The van der Waals surface area contributed by atoms with E-state index in [1.165, 1.54) is 71.9 Å². The number of hydrogen-bond acceptors (Lipinski definition) is 0. The van der Waals surface area contributed by atoms with Crippen molar-refractivity contribution in [3.05, 3.63) is 200 Å². The first kappa shape index (κ1) is 28.8. The van der Waals surface area contributed by atoms with E-state index in [4.69, 9.17) is 0 Å². The molecule has 9 aromatic rings. The molecule has 49 heavy (non-hydrogen) atoms. The van der Waals surface area contributed by atoms with Crippen molar-refractivity contribution in [2.45, 2.75) is 0 Å². The summed E-state index contributed by atoms with van der Waals surface area (Å²) in [6, 6.07) is 72.4. The number of hydrogen-bond donors (Lipinski definition) is 0. The first-order chi connectivity index (χ1) is 24.3. The van der Waals surface area contributed by atoms with E-state index < -0.39 is 0 Å². The number of aromatic nitrogens is 1. The van der Waals surface area contributed by atoms with Crippen LogP contribution in [-0.4, -0.2) is 4.57 Å². The van der Waals surface area contributed by atoms with E-state index in [0.29, 0.717) is 0 Å². The van der Waals surface area contributed by atoms with E-state index in [-0.39, 0.29) is 0 Å². The molecule has 0 aliphatic heterocycles. The second kappa shape index (κ2) is 12.3. The zero-order valence-corrected chi connectivity index (χ0v) is 27.0. The molecular weight excluding hydrogens is 591 g/mol. The van der Waals surface area contributed by atoms with Gasteiger partial charge in [-0.2, -0.15) is 0 Å². The average molecular weight is 624 g/mol. The summed E-state index contributed by atoms with van der Waals surface area (Å²) in [7, 11) is 0. The Labute approximate surface area is 287 Å². The summed E-state index contributed by atoms with van der Waals surface area (Å²) in [6.45, 7) is 0. The minimum absolute atomic E-state index is 1.12. The molecule has 0 aliphatic carbocycles. The first-order valence-corrected chi connectivity index (χ1v) is 16.9. The van der Waals surface area contributed by atoms with Gasteiger partial charge in [0.15, 0.2) is 0 Å². The van der Waals surface area contributed by atoms with Crippen molar-refractivity contribution in [2.24, 2.45) is 0 Å². The lowest BCUT2D eigenvalue weighted by molar-refractivity contribution is 1.10. The van der Waals surface area contributed by atoms with Crippen LogP contribution >= 0.6 is 0 Å². The van der Waals surface area contributed by atoms with Crippen molar-refractivity contribution < 1.29 is 0 Å². The highest BCUT2D eigenvalue weighted by Crippen LogP contribution is 2.50. The molecule has 1 aromatic heterocycles. The van der Waals surface area contributed by atoms with E-state index in [1.807, 2.05) is 0 Å². The van der Waals surface area contributed by atoms with E-state index in [2.05, 4.69) is 205 Å². The second-order valence-electron chi connectivity index (χ2n) is 12.5. The number of rotatable bonds is 6. The van der Waals surface area contributed by atoms with Gasteiger partial charge >= 0.3 is 0 Å². The highest BCUT2D eigenvalue weighted by atomic mass is 15.0. The Morgan fingerprint density at radius 2 is 0.612 bits per heavy atom. The predicted octanol–water partition coefficient (Wildman–Crippen LogP) is 13.1. The number of benzene rings is 8. The van der Waals surface area contributed by atoms with Crippen LogP contribution < -0.4 is 0 Å². The maximum atomic E-state index is 2.47. The molecule has 0 spiro atoms. The molecule has 0 atom stereocenters. The predicted molar refractivity (Wildman–Crippen MR) is 208 cm³/mol. The van der Waals surface area contributed by atoms with Crippen molar-refractivity contribution in [1.29, 1.82) is 0 Å². The fourth-order valence-corrected chi connectivity index (χ4v) is 7.44. The van der Waals surface area contributed by atoms with E-state index in [1.54, 1.807) is 0 Å². The molecule has 0 saturated carbocycles. The molecule has 0 amide bonds. The van der Waals surface area contributed by atoms with Gasteiger partial charge in [-0.1, -0.05) is 182 Å². The second-order valence-corrected chi connectivity index (χ2v) is 12.5. The molecule has 0 unspecified atom stereocenters. The quantitative estimate of drug-likeness (QED) is 0.162. The summed E-state index contributed by atoms with van der Waals surface area (Å²) < 4.78 is 2.47. The van der Waals surface area contributed by atoms with Crippen LogP contribution in [0.25, 0.3) is 83.1 Å². The Balaban J connectivity index is 1.37. The molecule has 0 saturated heterocycles. The van der Waals surface area contributed by atoms with E-state index in [9.17, 15) is 0 Å². The molecular formula is C48H33N. The smallest absolute Gasteiger partial charge is 0.0619 e. The van der Waals surface area contributed by atoms with E-state index in [0.717, 1.165) is 11.3 Å². The summed E-state index contributed by atoms with van der Waals surface area (Å²) in [5.41, 5.74) is 13.1. The zero-order chi connectivity index (χ0) is 32.6. The van der Waals surface area contributed by atoms with Crippen LogP contribution in [0.4, 0.5) is 0 Å². The Hall–Kier alpha value is -6.44. The molecule has 1 heterocycles. The Morgan fingerprint density at radius 3 is 1.10 bits per heavy atom. The molecule has 8 aromatic carbocycles. The lowest BCUT2D eigenvalue weighted by Gasteiger charge is -2.17. The van der Waals surface area contributed by atoms with Crippen molar-refractivity contribution >= 4 is 21.5 Å². The fraction of sp³-hybridized carbons (Fsp3) is 0. The molecule has 0 bridgehead atoms. The molecule has 0 fully saturated rings. The molecule has 1 nitrogen and oxygen atoms in total. The summed E-state index contributed by atoms with van der Waals surface area (Å²) >= 11 is 0. The van der Waals surface area contributed by atoms with Crippen LogP contribution in [0.3, 0.4) is 0 Å². The van der Waals surface area contributed by atoms with Crippen LogP contribution in [0.2, 0.25) is 0 Å². The third kappa shape index (κ3) is 5.04. The zero-order valence-electron chi connectivity index (χ0n) is 27.0. The summed E-state index contributed by atoms with van der Waals surface area (Å²) in [4.78, 5) is 0. The van der Waals surface area contributed by atoms with Gasteiger partial charge in [0.1, 0.15) is 0 Å². The molecule has 9 rings (SSSR count). The molecule has 0 radical (unpaired) electrons. The van der Waals surface area contributed by atoms with Crippen LogP contribution in [0, 0.1) is 0 Å². The van der Waals surface area contributed by atoms with Gasteiger partial charge < -0.3 is 4.57 Å². The van der Waals surface area contributed by atoms with Crippen molar-refractivity contribution in [2.75, 3.05) is 0 Å². The third-order valence-corrected chi connectivity index (χ3v) is 9.58. The Kier molecular flexibility index (Phi) is 7.22. The van der Waals surface area contributed by atoms with Gasteiger partial charge in [-0.25, -0.2) is 0 Å². The molecule has 230 valence electrons. The minimum atomic E-state index is 1.12. The first-order valence-electron chi connectivity index (χ1n) is 16.9. The maximum absolute atomic E-state index is 2.47. The fourth-order valence-electron chi connectivity index (χ4n) is 7.44. The van der Waals surface area contributed by atoms with Gasteiger partial charge in [-0.15, -0.1) is 0 Å². The van der Waals surface area contributed by atoms with Crippen LogP contribution in [0.5, 0.6) is 0 Å². The maximum Gasteiger partial charge on any atom is 0.0619 e. The monoisotopic (exact) mass is 623 g/mol. The lowest BCUT2D eigenvalue weighted by atomic mass is 9.90. The van der Waals surface area contributed by atoms with Gasteiger partial charge in [-0.05, 0) is 73.1 Å². The molecule has 0 N–H and O–H groups in total. The largest absolute Gasteiger partial charge is 0.308 e. The SMILES string of the molecule is c1ccc(-c2c(-c3ccccc3)c(-c3ccc(-c4c5ccccc5cc5ccccc45)cc3)n(-c3ccccc3)c2-c2ccccc2)cc1. The normalized spacial score (nSPS) is 11.3. The minimum Gasteiger partial charge on any atom is -0.308 e. The van der Waals surface area contributed by atoms with E-state index >= 15 is 0 Å². The number of fused-ring (bicyclic) bond motifs is 2. The Bertz CT molecular complexity index is 2390. The highest BCUT2D eigenvalue weighted by molar-refractivity contribution is 6.13.